The normalized spacial score (nSPS) is 28.8. The van der Waals surface area contributed by atoms with Crippen LogP contribution in [0.25, 0.3) is 0 Å². The lowest BCUT2D eigenvalue weighted by Gasteiger charge is -2.34. The summed E-state index contributed by atoms with van der Waals surface area (Å²) < 4.78 is 0. The van der Waals surface area contributed by atoms with Crippen LogP contribution in [0.2, 0.25) is 0 Å². The first-order valence-electron chi connectivity index (χ1n) is 6.89. The van der Waals surface area contributed by atoms with Crippen LogP contribution in [0.5, 0.6) is 0 Å². The van der Waals surface area contributed by atoms with Crippen molar-refractivity contribution in [1.82, 2.24) is 10.2 Å². The van der Waals surface area contributed by atoms with Crippen molar-refractivity contribution in [3.05, 3.63) is 0 Å². The summed E-state index contributed by atoms with van der Waals surface area (Å²) in [6, 6.07) is 0. The fraction of sp³-hybridized carbons (Fsp3) is 0.923. The molecule has 0 aromatic carbocycles. The van der Waals surface area contributed by atoms with E-state index in [9.17, 15) is 9.90 Å². The van der Waals surface area contributed by atoms with Gasteiger partial charge in [-0.2, -0.15) is 0 Å². The van der Waals surface area contributed by atoms with Gasteiger partial charge in [-0.15, -0.1) is 11.8 Å². The predicted octanol–water partition coefficient (Wildman–Crippen LogP) is 0.701. The van der Waals surface area contributed by atoms with Crippen LogP contribution in [0.3, 0.4) is 0 Å². The van der Waals surface area contributed by atoms with Gasteiger partial charge in [-0.1, -0.05) is 0 Å². The number of aliphatic hydroxyl groups is 1. The first-order chi connectivity index (χ1) is 8.65. The molecule has 1 saturated carbocycles. The molecule has 2 N–H and O–H groups in total. The van der Waals surface area contributed by atoms with Crippen molar-refractivity contribution in [2.24, 2.45) is 5.92 Å². The molecule has 1 aliphatic heterocycles. The first-order valence-corrected chi connectivity index (χ1v) is 7.94. The molecule has 0 aromatic heterocycles. The highest BCUT2D eigenvalue weighted by Crippen LogP contribution is 2.28. The SMILES string of the molecule is CN(CC1CC(O)C1)C(=O)CSC1CCNCC1. The van der Waals surface area contributed by atoms with E-state index in [4.69, 9.17) is 0 Å². The third kappa shape index (κ3) is 4.14. The van der Waals surface area contributed by atoms with Crippen LogP contribution in [-0.4, -0.2) is 59.7 Å². The van der Waals surface area contributed by atoms with E-state index in [1.54, 1.807) is 11.8 Å². The Morgan fingerprint density at radius 2 is 2.06 bits per heavy atom. The van der Waals surface area contributed by atoms with E-state index in [1.165, 1.54) is 12.8 Å². The quantitative estimate of drug-likeness (QED) is 0.773. The predicted molar refractivity (Wildman–Crippen MR) is 74.7 cm³/mol. The Morgan fingerprint density at radius 1 is 1.39 bits per heavy atom. The van der Waals surface area contributed by atoms with Gasteiger partial charge in [-0.25, -0.2) is 0 Å². The molecule has 1 saturated heterocycles. The molecule has 0 radical (unpaired) electrons. The fourth-order valence-corrected chi connectivity index (χ4v) is 3.77. The second-order valence-corrected chi connectivity index (χ2v) is 6.81. The lowest BCUT2D eigenvalue weighted by atomic mass is 9.82. The van der Waals surface area contributed by atoms with Gasteiger partial charge in [0.2, 0.25) is 5.91 Å². The van der Waals surface area contributed by atoms with E-state index in [-0.39, 0.29) is 12.0 Å². The number of amides is 1. The van der Waals surface area contributed by atoms with Crippen molar-refractivity contribution >= 4 is 17.7 Å². The molecule has 1 aliphatic carbocycles. The number of hydrogen-bond donors (Lipinski definition) is 2. The minimum Gasteiger partial charge on any atom is -0.393 e. The molecule has 0 atom stereocenters. The molecule has 0 bridgehead atoms. The van der Waals surface area contributed by atoms with Gasteiger partial charge in [0, 0.05) is 18.8 Å². The first kappa shape index (κ1) is 14.2. The Hall–Kier alpha value is -0.260. The summed E-state index contributed by atoms with van der Waals surface area (Å²) in [5.74, 6) is 1.36. The van der Waals surface area contributed by atoms with E-state index < -0.39 is 0 Å². The molecular formula is C13H24N2O2S. The number of rotatable bonds is 5. The summed E-state index contributed by atoms with van der Waals surface area (Å²) in [4.78, 5) is 13.8. The molecule has 4 nitrogen and oxygen atoms in total. The summed E-state index contributed by atoms with van der Waals surface area (Å²) in [6.45, 7) is 2.98. The summed E-state index contributed by atoms with van der Waals surface area (Å²) in [7, 11) is 1.88. The zero-order valence-corrected chi connectivity index (χ0v) is 11.9. The van der Waals surface area contributed by atoms with Crippen molar-refractivity contribution in [2.75, 3.05) is 32.4 Å². The van der Waals surface area contributed by atoms with Crippen LogP contribution in [-0.2, 0) is 4.79 Å². The Balaban J connectivity index is 1.61. The highest BCUT2D eigenvalue weighted by atomic mass is 32.2. The summed E-state index contributed by atoms with van der Waals surface area (Å²) in [5.41, 5.74) is 0. The molecule has 104 valence electrons. The van der Waals surface area contributed by atoms with Gasteiger partial charge in [0.15, 0.2) is 0 Å². The summed E-state index contributed by atoms with van der Waals surface area (Å²) in [6.07, 6.45) is 3.95. The second kappa shape index (κ2) is 6.78. The van der Waals surface area contributed by atoms with Crippen molar-refractivity contribution in [3.8, 4) is 0 Å². The zero-order chi connectivity index (χ0) is 13.0. The van der Waals surface area contributed by atoms with Gasteiger partial charge in [0.25, 0.3) is 0 Å². The van der Waals surface area contributed by atoms with Gasteiger partial charge in [-0.05, 0) is 44.7 Å². The van der Waals surface area contributed by atoms with Crippen molar-refractivity contribution in [2.45, 2.75) is 37.0 Å². The van der Waals surface area contributed by atoms with Gasteiger partial charge in [0.05, 0.1) is 11.9 Å². The number of carbonyl (C=O) groups excluding carboxylic acids is 1. The molecule has 0 unspecified atom stereocenters. The Bertz CT molecular complexity index is 276. The third-order valence-electron chi connectivity index (χ3n) is 3.90. The van der Waals surface area contributed by atoms with E-state index in [1.807, 2.05) is 11.9 Å². The van der Waals surface area contributed by atoms with Crippen LogP contribution in [0.1, 0.15) is 25.7 Å². The Morgan fingerprint density at radius 3 is 2.67 bits per heavy atom. The molecule has 0 spiro atoms. The molecule has 2 fully saturated rings. The largest absolute Gasteiger partial charge is 0.393 e. The van der Waals surface area contributed by atoms with Crippen LogP contribution < -0.4 is 5.32 Å². The minimum absolute atomic E-state index is 0.123. The van der Waals surface area contributed by atoms with Crippen LogP contribution in [0.4, 0.5) is 0 Å². The number of hydrogen-bond acceptors (Lipinski definition) is 4. The van der Waals surface area contributed by atoms with Crippen LogP contribution in [0, 0.1) is 5.92 Å². The van der Waals surface area contributed by atoms with Gasteiger partial charge < -0.3 is 15.3 Å². The van der Waals surface area contributed by atoms with Crippen LogP contribution in [0.15, 0.2) is 0 Å². The van der Waals surface area contributed by atoms with Crippen molar-refractivity contribution in [1.29, 1.82) is 0 Å². The smallest absolute Gasteiger partial charge is 0.232 e. The van der Waals surface area contributed by atoms with E-state index in [0.717, 1.165) is 32.5 Å². The highest BCUT2D eigenvalue weighted by Gasteiger charge is 2.29. The number of nitrogens with one attached hydrogen (secondary N) is 1. The van der Waals surface area contributed by atoms with E-state index >= 15 is 0 Å². The lowest BCUT2D eigenvalue weighted by molar-refractivity contribution is -0.128. The van der Waals surface area contributed by atoms with Crippen LogP contribution >= 0.6 is 11.8 Å². The number of carbonyl (C=O) groups is 1. The van der Waals surface area contributed by atoms with Gasteiger partial charge in [-0.3, -0.25) is 4.79 Å². The summed E-state index contributed by atoms with van der Waals surface area (Å²) >= 11 is 1.81. The lowest BCUT2D eigenvalue weighted by Crippen LogP contribution is -2.40. The molecule has 2 aliphatic rings. The molecular weight excluding hydrogens is 248 g/mol. The van der Waals surface area contributed by atoms with Gasteiger partial charge in [0.1, 0.15) is 0 Å². The topological polar surface area (TPSA) is 52.6 Å². The molecule has 1 heterocycles. The highest BCUT2D eigenvalue weighted by molar-refractivity contribution is 8.00. The van der Waals surface area contributed by atoms with Crippen molar-refractivity contribution < 1.29 is 9.90 Å². The number of nitrogens with zero attached hydrogens (tertiary/aromatic N) is 1. The minimum atomic E-state index is -0.123. The van der Waals surface area contributed by atoms with Gasteiger partial charge >= 0.3 is 0 Å². The molecule has 1 amide bonds. The van der Waals surface area contributed by atoms with Crippen molar-refractivity contribution in [3.63, 3.8) is 0 Å². The molecule has 18 heavy (non-hydrogen) atoms. The summed E-state index contributed by atoms with van der Waals surface area (Å²) in [5, 5.41) is 13.2. The maximum absolute atomic E-state index is 12.0. The number of aliphatic hydroxyl groups excluding tert-OH is 1. The maximum Gasteiger partial charge on any atom is 0.232 e. The average Bonchev–Trinajstić information content (AvgIpc) is 2.35. The Labute approximate surface area is 113 Å². The molecule has 5 heteroatoms. The van der Waals surface area contributed by atoms with E-state index in [0.29, 0.717) is 16.9 Å². The molecule has 0 aromatic rings. The fourth-order valence-electron chi connectivity index (χ4n) is 2.60. The number of thioether (sulfide) groups is 1. The monoisotopic (exact) mass is 272 g/mol. The van der Waals surface area contributed by atoms with E-state index in [2.05, 4.69) is 5.32 Å². The zero-order valence-electron chi connectivity index (χ0n) is 11.1. The molecule has 2 rings (SSSR count). The third-order valence-corrected chi connectivity index (χ3v) is 5.25. The standard InChI is InChI=1S/C13H24N2O2S/c1-15(8-10-6-11(16)7-10)13(17)9-18-12-2-4-14-5-3-12/h10-12,14,16H,2-9H2,1H3. The maximum atomic E-state index is 12.0. The number of piperidine rings is 1. The Kier molecular flexibility index (Phi) is 5.33. The second-order valence-electron chi connectivity index (χ2n) is 5.53. The average molecular weight is 272 g/mol.